The molecule has 1 aliphatic carbocycles. The average molecular weight is 791 g/mol. The second-order valence-corrected chi connectivity index (χ2v) is 15.0. The Hall–Kier alpha value is -7.02. The molecular weight excluding hydrogens is 741 g/mol. The number of unbranched alkanes of at least 4 members (excludes halogenated alkanes) is 2. The van der Waals surface area contributed by atoms with Crippen molar-refractivity contribution >= 4 is 23.2 Å². The third-order valence-corrected chi connectivity index (χ3v) is 10.8. The van der Waals surface area contributed by atoms with Crippen molar-refractivity contribution in [2.45, 2.75) is 51.4 Å². The summed E-state index contributed by atoms with van der Waals surface area (Å²) in [6, 6.07) is 50.5. The summed E-state index contributed by atoms with van der Waals surface area (Å²) in [7, 11) is 0. The first-order chi connectivity index (χ1) is 29.5. The van der Waals surface area contributed by atoms with Gasteiger partial charge in [-0.3, -0.25) is 9.59 Å². The van der Waals surface area contributed by atoms with Crippen LogP contribution in [0.5, 0.6) is 11.5 Å². The lowest BCUT2D eigenvalue weighted by atomic mass is 9.52. The number of hydrogen-bond donors (Lipinski definition) is 2. The zero-order chi connectivity index (χ0) is 41.5. The van der Waals surface area contributed by atoms with Crippen LogP contribution in [0.2, 0.25) is 0 Å². The zero-order valence-corrected chi connectivity index (χ0v) is 34.2. The number of anilines is 2. The van der Waals surface area contributed by atoms with E-state index in [4.69, 9.17) is 9.47 Å². The Balaban J connectivity index is 1.18. The third kappa shape index (κ3) is 10.7. The number of amides is 2. The van der Waals surface area contributed by atoms with Gasteiger partial charge in [-0.05, 0) is 121 Å². The molecule has 0 heterocycles. The highest BCUT2D eigenvalue weighted by Crippen LogP contribution is 2.58. The lowest BCUT2D eigenvalue weighted by molar-refractivity contribution is -0.134. The van der Waals surface area contributed by atoms with Crippen LogP contribution in [0.15, 0.2) is 158 Å². The first kappa shape index (κ1) is 41.2. The van der Waals surface area contributed by atoms with Crippen LogP contribution in [-0.2, 0) is 9.59 Å². The topological polar surface area (TPSA) is 76.7 Å². The van der Waals surface area contributed by atoms with E-state index in [9.17, 15) is 9.59 Å². The summed E-state index contributed by atoms with van der Waals surface area (Å²) in [6.07, 6.45) is 3.99. The van der Waals surface area contributed by atoms with Gasteiger partial charge in [0.15, 0.2) is 0 Å². The lowest BCUT2D eigenvalue weighted by Crippen LogP contribution is -2.53. The SMILES string of the molecule is CCCCOc1ccc(C2C(C(=O)Nc3ccc(C#Cc4ccccc4)cc3)C(c3ccc(OCCCC)cc3)C2C(=O)Nc2ccc(C#Cc3ccccc3)cc2)cc1. The van der Waals surface area contributed by atoms with Gasteiger partial charge in [-0.1, -0.05) is 111 Å². The molecule has 1 aliphatic rings. The van der Waals surface area contributed by atoms with Crippen molar-refractivity contribution in [3.63, 3.8) is 0 Å². The molecule has 1 fully saturated rings. The van der Waals surface area contributed by atoms with Gasteiger partial charge in [0, 0.05) is 45.5 Å². The smallest absolute Gasteiger partial charge is 0.228 e. The van der Waals surface area contributed by atoms with E-state index in [0.717, 1.165) is 70.6 Å². The van der Waals surface area contributed by atoms with E-state index in [1.807, 2.05) is 158 Å². The fraction of sp³-hybridized carbons (Fsp3) is 0.222. The van der Waals surface area contributed by atoms with Crippen molar-refractivity contribution < 1.29 is 19.1 Å². The highest BCUT2D eigenvalue weighted by molar-refractivity contribution is 6.01. The van der Waals surface area contributed by atoms with Gasteiger partial charge in [-0.25, -0.2) is 0 Å². The van der Waals surface area contributed by atoms with E-state index < -0.39 is 23.7 Å². The Morgan fingerprint density at radius 1 is 0.450 bits per heavy atom. The minimum Gasteiger partial charge on any atom is -0.494 e. The first-order valence-electron chi connectivity index (χ1n) is 20.9. The molecule has 60 heavy (non-hydrogen) atoms. The molecule has 6 aromatic rings. The molecule has 0 saturated heterocycles. The molecule has 6 heteroatoms. The van der Waals surface area contributed by atoms with Gasteiger partial charge >= 0.3 is 0 Å². The number of nitrogens with one attached hydrogen (secondary N) is 2. The van der Waals surface area contributed by atoms with Crippen LogP contribution in [0, 0.1) is 35.5 Å². The summed E-state index contributed by atoms with van der Waals surface area (Å²) in [6.45, 7) is 5.52. The van der Waals surface area contributed by atoms with E-state index in [1.54, 1.807) is 0 Å². The normalized spacial score (nSPS) is 16.4. The number of ether oxygens (including phenoxy) is 2. The van der Waals surface area contributed by atoms with Gasteiger partial charge in [0.2, 0.25) is 11.8 Å². The maximum absolute atomic E-state index is 14.6. The molecule has 300 valence electrons. The van der Waals surface area contributed by atoms with Crippen LogP contribution >= 0.6 is 0 Å². The second kappa shape index (κ2) is 20.6. The second-order valence-electron chi connectivity index (χ2n) is 15.0. The highest BCUT2D eigenvalue weighted by Gasteiger charge is 2.58. The molecule has 0 bridgehead atoms. The zero-order valence-electron chi connectivity index (χ0n) is 34.2. The number of carbonyl (C=O) groups excluding carboxylic acids is 2. The van der Waals surface area contributed by atoms with E-state index in [1.165, 1.54) is 0 Å². The third-order valence-electron chi connectivity index (χ3n) is 10.8. The minimum atomic E-state index is -0.562. The molecule has 2 amide bonds. The van der Waals surface area contributed by atoms with Crippen LogP contribution < -0.4 is 20.1 Å². The first-order valence-corrected chi connectivity index (χ1v) is 20.9. The quantitative estimate of drug-likeness (QED) is 0.0851. The molecule has 0 atom stereocenters. The van der Waals surface area contributed by atoms with Crippen molar-refractivity contribution in [1.82, 2.24) is 0 Å². The maximum atomic E-state index is 14.6. The molecule has 0 unspecified atom stereocenters. The summed E-state index contributed by atoms with van der Waals surface area (Å²) in [5, 5.41) is 6.39. The molecular formula is C54H50N2O4. The van der Waals surface area contributed by atoms with Crippen molar-refractivity contribution in [1.29, 1.82) is 0 Å². The summed E-state index contributed by atoms with van der Waals surface area (Å²) in [5.41, 5.74) is 6.65. The predicted octanol–water partition coefficient (Wildman–Crippen LogP) is 11.2. The molecule has 0 aliphatic heterocycles. The monoisotopic (exact) mass is 790 g/mol. The fourth-order valence-corrected chi connectivity index (χ4v) is 7.53. The van der Waals surface area contributed by atoms with Gasteiger partial charge in [0.25, 0.3) is 0 Å². The van der Waals surface area contributed by atoms with E-state index >= 15 is 0 Å². The van der Waals surface area contributed by atoms with Crippen molar-refractivity contribution in [2.75, 3.05) is 23.8 Å². The number of hydrogen-bond acceptors (Lipinski definition) is 4. The van der Waals surface area contributed by atoms with E-state index in [-0.39, 0.29) is 11.8 Å². The van der Waals surface area contributed by atoms with Crippen LogP contribution in [0.3, 0.4) is 0 Å². The summed E-state index contributed by atoms with van der Waals surface area (Å²) in [4.78, 5) is 29.3. The number of carbonyl (C=O) groups is 2. The minimum absolute atomic E-state index is 0.162. The molecule has 6 nitrogen and oxygen atoms in total. The standard InChI is InChI=1S/C54H50N2O4/c1-3-5-37-59-47-33-25-43(26-34-47)49-51(53(57)55-45-29-21-41(22-30-45)19-17-39-13-9-7-10-14-39)50(44-27-35-48(36-28-44)60-38-6-4-2)52(49)54(58)56-46-31-23-42(24-32-46)20-18-40-15-11-8-12-16-40/h7-16,21-36,49-52H,3-6,37-38H2,1-2H3,(H,55,57)(H,56,58). The van der Waals surface area contributed by atoms with Gasteiger partial charge < -0.3 is 20.1 Å². The molecule has 6 aromatic carbocycles. The number of benzene rings is 6. The Bertz CT molecular complexity index is 2260. The Morgan fingerprint density at radius 3 is 1.12 bits per heavy atom. The summed E-state index contributed by atoms with van der Waals surface area (Å²) in [5.74, 6) is 12.0. The number of rotatable bonds is 14. The molecule has 2 N–H and O–H groups in total. The van der Waals surface area contributed by atoms with Crippen LogP contribution in [0.1, 0.15) is 84.7 Å². The predicted molar refractivity (Wildman–Crippen MR) is 241 cm³/mol. The molecule has 0 spiro atoms. The van der Waals surface area contributed by atoms with E-state index in [0.29, 0.717) is 24.6 Å². The Morgan fingerprint density at radius 2 is 0.783 bits per heavy atom. The van der Waals surface area contributed by atoms with Crippen LogP contribution in [0.25, 0.3) is 0 Å². The largest absolute Gasteiger partial charge is 0.494 e. The van der Waals surface area contributed by atoms with Gasteiger partial charge in [0.1, 0.15) is 11.5 Å². The Labute approximate surface area is 354 Å². The fourth-order valence-electron chi connectivity index (χ4n) is 7.53. The van der Waals surface area contributed by atoms with Crippen molar-refractivity contribution in [3.05, 3.63) is 191 Å². The van der Waals surface area contributed by atoms with Gasteiger partial charge in [-0.15, -0.1) is 0 Å². The molecule has 0 radical (unpaired) electrons. The van der Waals surface area contributed by atoms with Crippen LogP contribution in [-0.4, -0.2) is 25.0 Å². The molecule has 0 aromatic heterocycles. The summed E-state index contributed by atoms with van der Waals surface area (Å²) >= 11 is 0. The van der Waals surface area contributed by atoms with Crippen molar-refractivity contribution in [2.24, 2.45) is 11.8 Å². The van der Waals surface area contributed by atoms with Crippen LogP contribution in [0.4, 0.5) is 11.4 Å². The van der Waals surface area contributed by atoms with Gasteiger partial charge in [0.05, 0.1) is 25.0 Å². The van der Waals surface area contributed by atoms with E-state index in [2.05, 4.69) is 48.2 Å². The Kier molecular flexibility index (Phi) is 14.1. The molecule has 1 saturated carbocycles. The molecule has 7 rings (SSSR count). The lowest BCUT2D eigenvalue weighted by Gasteiger charge is -2.50. The van der Waals surface area contributed by atoms with Crippen molar-refractivity contribution in [3.8, 4) is 35.2 Å². The van der Waals surface area contributed by atoms with Gasteiger partial charge in [-0.2, -0.15) is 0 Å². The highest BCUT2D eigenvalue weighted by atomic mass is 16.5. The maximum Gasteiger partial charge on any atom is 0.228 e. The summed E-state index contributed by atoms with van der Waals surface area (Å²) < 4.78 is 12.0. The average Bonchev–Trinajstić information content (AvgIpc) is 3.27.